The number of nitrogens with two attached hydrogens (primary N) is 1. The Morgan fingerprint density at radius 2 is 2.11 bits per heavy atom. The maximum absolute atomic E-state index is 11.9. The number of carbonyl (C=O) groups excluding carboxylic acids is 1. The van der Waals surface area contributed by atoms with E-state index >= 15 is 0 Å². The SMILES string of the molecule is CC(C)C(CCN)CCC(=O)Cc1ccc(Br)cn1. The van der Waals surface area contributed by atoms with Crippen LogP contribution >= 0.6 is 15.9 Å². The molecule has 4 heteroatoms. The van der Waals surface area contributed by atoms with Crippen molar-refractivity contribution in [1.82, 2.24) is 4.98 Å². The Balaban J connectivity index is 2.40. The van der Waals surface area contributed by atoms with Crippen LogP contribution in [0.25, 0.3) is 0 Å². The minimum atomic E-state index is 0.262. The number of halogens is 1. The molecule has 0 fully saturated rings. The Hall–Kier alpha value is -0.740. The van der Waals surface area contributed by atoms with E-state index in [9.17, 15) is 4.79 Å². The molecular weight excluding hydrogens is 304 g/mol. The highest BCUT2D eigenvalue weighted by molar-refractivity contribution is 9.10. The summed E-state index contributed by atoms with van der Waals surface area (Å²) in [6.07, 6.45) is 4.72. The normalized spacial score (nSPS) is 12.7. The highest BCUT2D eigenvalue weighted by Gasteiger charge is 2.14. The zero-order valence-corrected chi connectivity index (χ0v) is 13.3. The van der Waals surface area contributed by atoms with E-state index in [1.807, 2.05) is 12.1 Å². The fraction of sp³-hybridized carbons (Fsp3) is 0.600. The van der Waals surface area contributed by atoms with Gasteiger partial charge in [0.05, 0.1) is 0 Å². The van der Waals surface area contributed by atoms with Gasteiger partial charge in [-0.15, -0.1) is 0 Å². The van der Waals surface area contributed by atoms with Crippen LogP contribution in [-0.4, -0.2) is 17.3 Å². The second-order valence-corrected chi connectivity index (χ2v) is 6.22. The van der Waals surface area contributed by atoms with Crippen molar-refractivity contribution in [3.8, 4) is 0 Å². The van der Waals surface area contributed by atoms with Crippen LogP contribution < -0.4 is 5.73 Å². The summed E-state index contributed by atoms with van der Waals surface area (Å²) in [6.45, 7) is 5.09. The Kier molecular flexibility index (Phi) is 7.24. The smallest absolute Gasteiger partial charge is 0.138 e. The Bertz CT molecular complexity index is 390. The third kappa shape index (κ3) is 6.30. The van der Waals surface area contributed by atoms with Crippen LogP contribution in [0.1, 0.15) is 38.8 Å². The summed E-state index contributed by atoms with van der Waals surface area (Å²) in [4.78, 5) is 16.2. The molecule has 0 aliphatic heterocycles. The molecule has 0 saturated heterocycles. The van der Waals surface area contributed by atoms with Gasteiger partial charge in [0.2, 0.25) is 0 Å². The van der Waals surface area contributed by atoms with Crippen LogP contribution in [0.5, 0.6) is 0 Å². The fourth-order valence-electron chi connectivity index (χ4n) is 2.17. The third-order valence-electron chi connectivity index (χ3n) is 3.44. The Morgan fingerprint density at radius 1 is 1.37 bits per heavy atom. The van der Waals surface area contributed by atoms with Gasteiger partial charge in [-0.1, -0.05) is 13.8 Å². The molecule has 0 aliphatic rings. The molecular formula is C15H23BrN2O. The summed E-state index contributed by atoms with van der Waals surface area (Å²) in [5.74, 6) is 1.39. The predicted molar refractivity (Wildman–Crippen MR) is 81.9 cm³/mol. The van der Waals surface area contributed by atoms with Crippen LogP contribution in [0.4, 0.5) is 0 Å². The first-order chi connectivity index (χ1) is 9.02. The molecule has 2 N–H and O–H groups in total. The van der Waals surface area contributed by atoms with Gasteiger partial charge in [0.15, 0.2) is 0 Å². The van der Waals surface area contributed by atoms with Crippen molar-refractivity contribution in [2.75, 3.05) is 6.54 Å². The monoisotopic (exact) mass is 326 g/mol. The molecule has 0 radical (unpaired) electrons. The van der Waals surface area contributed by atoms with E-state index < -0.39 is 0 Å². The van der Waals surface area contributed by atoms with Crippen LogP contribution in [0.3, 0.4) is 0 Å². The van der Waals surface area contributed by atoms with Crippen molar-refractivity contribution in [2.45, 2.75) is 39.5 Å². The van der Waals surface area contributed by atoms with Gasteiger partial charge in [0.1, 0.15) is 5.78 Å². The highest BCUT2D eigenvalue weighted by Crippen LogP contribution is 2.21. The number of nitrogens with zero attached hydrogens (tertiary/aromatic N) is 1. The maximum atomic E-state index is 11.9. The molecule has 19 heavy (non-hydrogen) atoms. The first-order valence-electron chi connectivity index (χ1n) is 6.85. The lowest BCUT2D eigenvalue weighted by Gasteiger charge is -2.19. The van der Waals surface area contributed by atoms with Crippen molar-refractivity contribution in [2.24, 2.45) is 17.6 Å². The van der Waals surface area contributed by atoms with E-state index in [0.717, 1.165) is 23.0 Å². The van der Waals surface area contributed by atoms with Gasteiger partial charge >= 0.3 is 0 Å². The van der Waals surface area contributed by atoms with Crippen molar-refractivity contribution in [3.63, 3.8) is 0 Å². The minimum absolute atomic E-state index is 0.262. The van der Waals surface area contributed by atoms with Crippen LogP contribution in [-0.2, 0) is 11.2 Å². The molecule has 1 unspecified atom stereocenters. The van der Waals surface area contributed by atoms with Crippen molar-refractivity contribution < 1.29 is 4.79 Å². The molecule has 0 aromatic carbocycles. The van der Waals surface area contributed by atoms with Crippen molar-refractivity contribution in [1.29, 1.82) is 0 Å². The second-order valence-electron chi connectivity index (χ2n) is 5.30. The van der Waals surface area contributed by atoms with E-state index in [1.165, 1.54) is 0 Å². The molecule has 1 aromatic heterocycles. The molecule has 0 aliphatic carbocycles. The van der Waals surface area contributed by atoms with Crippen LogP contribution in [0, 0.1) is 11.8 Å². The van der Waals surface area contributed by atoms with E-state index in [1.54, 1.807) is 6.20 Å². The summed E-state index contributed by atoms with van der Waals surface area (Å²) < 4.78 is 0.937. The lowest BCUT2D eigenvalue weighted by Crippen LogP contribution is -2.16. The second kappa shape index (κ2) is 8.43. The number of pyridine rings is 1. The lowest BCUT2D eigenvalue weighted by atomic mass is 9.87. The Morgan fingerprint density at radius 3 is 2.63 bits per heavy atom. The van der Waals surface area contributed by atoms with Crippen LogP contribution in [0.2, 0.25) is 0 Å². The third-order valence-corrected chi connectivity index (χ3v) is 3.91. The number of hydrogen-bond acceptors (Lipinski definition) is 3. The molecule has 0 amide bonds. The summed E-state index contributed by atoms with van der Waals surface area (Å²) in [5, 5.41) is 0. The lowest BCUT2D eigenvalue weighted by molar-refractivity contribution is -0.118. The Labute approximate surface area is 124 Å². The van der Waals surface area contributed by atoms with E-state index in [2.05, 4.69) is 34.8 Å². The quantitative estimate of drug-likeness (QED) is 0.796. The number of hydrogen-bond donors (Lipinski definition) is 1. The number of carbonyl (C=O) groups is 1. The van der Waals surface area contributed by atoms with Gasteiger partial charge < -0.3 is 5.73 Å². The first-order valence-corrected chi connectivity index (χ1v) is 7.64. The van der Waals surface area contributed by atoms with E-state index in [-0.39, 0.29) is 5.78 Å². The molecule has 1 atom stereocenters. The van der Waals surface area contributed by atoms with E-state index in [0.29, 0.717) is 31.2 Å². The average Bonchev–Trinajstić information content (AvgIpc) is 2.37. The number of rotatable bonds is 8. The molecule has 0 bridgehead atoms. The molecule has 1 heterocycles. The van der Waals surface area contributed by atoms with Gasteiger partial charge in [0.25, 0.3) is 0 Å². The first kappa shape index (κ1) is 16.3. The largest absolute Gasteiger partial charge is 0.330 e. The van der Waals surface area contributed by atoms with Gasteiger partial charge in [-0.2, -0.15) is 0 Å². The van der Waals surface area contributed by atoms with E-state index in [4.69, 9.17) is 5.73 Å². The number of Topliss-reactive ketones (excluding diaryl/α,β-unsaturated/α-hetero) is 1. The predicted octanol–water partition coefficient (Wildman–Crippen LogP) is 3.36. The van der Waals surface area contributed by atoms with Crippen molar-refractivity contribution in [3.05, 3.63) is 28.5 Å². The number of ketones is 1. The molecule has 1 rings (SSSR count). The van der Waals surface area contributed by atoms with Gasteiger partial charge in [-0.05, 0) is 59.3 Å². The highest BCUT2D eigenvalue weighted by atomic mass is 79.9. The molecule has 0 saturated carbocycles. The average molecular weight is 327 g/mol. The topological polar surface area (TPSA) is 56.0 Å². The summed E-state index contributed by atoms with van der Waals surface area (Å²) in [5.41, 5.74) is 6.45. The molecule has 106 valence electrons. The zero-order valence-electron chi connectivity index (χ0n) is 11.7. The minimum Gasteiger partial charge on any atom is -0.330 e. The molecule has 3 nitrogen and oxygen atoms in total. The summed E-state index contributed by atoms with van der Waals surface area (Å²) >= 11 is 3.34. The van der Waals surface area contributed by atoms with Gasteiger partial charge in [-0.25, -0.2) is 0 Å². The zero-order chi connectivity index (χ0) is 14.3. The maximum Gasteiger partial charge on any atom is 0.138 e. The van der Waals surface area contributed by atoms with Crippen LogP contribution in [0.15, 0.2) is 22.8 Å². The van der Waals surface area contributed by atoms with Crippen molar-refractivity contribution >= 4 is 21.7 Å². The number of aromatic nitrogens is 1. The molecule has 0 spiro atoms. The standard InChI is InChI=1S/C15H23BrN2O/c1-11(2)12(7-8-17)3-6-15(19)9-14-5-4-13(16)10-18-14/h4-5,10-12H,3,6-9,17H2,1-2H3. The van der Waals surface area contributed by atoms with Gasteiger partial charge in [-0.3, -0.25) is 9.78 Å². The summed E-state index contributed by atoms with van der Waals surface area (Å²) in [7, 11) is 0. The fourth-order valence-corrected chi connectivity index (χ4v) is 2.41. The molecule has 1 aromatic rings. The summed E-state index contributed by atoms with van der Waals surface area (Å²) in [6, 6.07) is 3.81. The van der Waals surface area contributed by atoms with Gasteiger partial charge in [0, 0.05) is 29.2 Å².